The molecule has 0 aliphatic carbocycles. The van der Waals surface area contributed by atoms with E-state index in [9.17, 15) is 0 Å². The molecule has 1 aromatic carbocycles. The summed E-state index contributed by atoms with van der Waals surface area (Å²) in [5.74, 6) is 1.65. The fourth-order valence-corrected chi connectivity index (χ4v) is 1.94. The summed E-state index contributed by atoms with van der Waals surface area (Å²) in [6, 6.07) is 11.2. The Kier molecular flexibility index (Phi) is 5.19. The molecule has 6 heteroatoms. The summed E-state index contributed by atoms with van der Waals surface area (Å²) in [6.45, 7) is 2.35. The minimum atomic E-state index is 0.287. The predicted octanol–water partition coefficient (Wildman–Crippen LogP) is 2.33. The molecule has 1 heterocycles. The van der Waals surface area contributed by atoms with E-state index in [0.717, 1.165) is 11.4 Å². The summed E-state index contributed by atoms with van der Waals surface area (Å²) in [5, 5.41) is 3.02. The zero-order chi connectivity index (χ0) is 15.9. The number of anilines is 1. The Hall–Kier alpha value is -2.76. The Morgan fingerprint density at radius 3 is 2.73 bits per heavy atom. The van der Waals surface area contributed by atoms with E-state index in [0.29, 0.717) is 23.7 Å². The molecule has 22 heavy (non-hydrogen) atoms. The molecule has 3 N–H and O–H groups in total. The van der Waals surface area contributed by atoms with Crippen molar-refractivity contribution >= 4 is 11.6 Å². The van der Waals surface area contributed by atoms with Crippen molar-refractivity contribution in [3.63, 3.8) is 0 Å². The van der Waals surface area contributed by atoms with Crippen molar-refractivity contribution in [2.45, 2.75) is 13.5 Å². The number of aromatic nitrogens is 1. The molecule has 0 aliphatic heterocycles. The van der Waals surface area contributed by atoms with Crippen LogP contribution in [0, 0.1) is 6.92 Å². The highest BCUT2D eigenvalue weighted by molar-refractivity contribution is 5.93. The van der Waals surface area contributed by atoms with Crippen LogP contribution in [0.25, 0.3) is 0 Å². The van der Waals surface area contributed by atoms with Crippen LogP contribution >= 0.6 is 0 Å². The lowest BCUT2D eigenvalue weighted by atomic mass is 10.2. The van der Waals surface area contributed by atoms with Gasteiger partial charge < -0.3 is 20.5 Å². The van der Waals surface area contributed by atoms with Crippen molar-refractivity contribution in [2.75, 3.05) is 19.5 Å². The lowest BCUT2D eigenvalue weighted by molar-refractivity contribution is 0.405. The minimum Gasteiger partial charge on any atom is -0.497 e. The molecule has 2 aromatic rings. The fraction of sp³-hybridized carbons (Fsp3) is 0.250. The quantitative estimate of drug-likeness (QED) is 0.654. The van der Waals surface area contributed by atoms with Gasteiger partial charge in [-0.15, -0.1) is 0 Å². The van der Waals surface area contributed by atoms with Crippen LogP contribution in [0.4, 0.5) is 5.69 Å². The molecule has 0 saturated heterocycles. The van der Waals surface area contributed by atoms with Gasteiger partial charge in [-0.2, -0.15) is 0 Å². The molecule has 0 spiro atoms. The number of aryl methyl sites for hydroxylation is 1. The second-order valence-corrected chi connectivity index (χ2v) is 4.66. The molecule has 0 fully saturated rings. The summed E-state index contributed by atoms with van der Waals surface area (Å²) in [7, 11) is 3.20. The number of hydrogen-bond acceptors (Lipinski definition) is 4. The maximum absolute atomic E-state index is 5.92. The molecule has 116 valence electrons. The Morgan fingerprint density at radius 1 is 1.23 bits per heavy atom. The number of methoxy groups -OCH3 is 2. The first-order valence-electron chi connectivity index (χ1n) is 6.84. The topological polar surface area (TPSA) is 81.8 Å². The van der Waals surface area contributed by atoms with Crippen LogP contribution < -0.4 is 20.5 Å². The number of pyridine rings is 1. The average molecular weight is 300 g/mol. The summed E-state index contributed by atoms with van der Waals surface area (Å²) in [4.78, 5) is 8.66. The smallest absolute Gasteiger partial charge is 0.193 e. The number of benzene rings is 1. The Morgan fingerprint density at radius 2 is 2.05 bits per heavy atom. The molecule has 0 aliphatic rings. The van der Waals surface area contributed by atoms with Gasteiger partial charge in [0.25, 0.3) is 0 Å². The van der Waals surface area contributed by atoms with E-state index >= 15 is 0 Å². The minimum absolute atomic E-state index is 0.287. The number of guanidine groups is 1. The number of nitrogens with one attached hydrogen (secondary N) is 1. The van der Waals surface area contributed by atoms with Gasteiger partial charge in [-0.3, -0.25) is 4.98 Å². The van der Waals surface area contributed by atoms with Crippen LogP contribution in [-0.2, 0) is 6.54 Å². The van der Waals surface area contributed by atoms with E-state index in [-0.39, 0.29) is 5.96 Å². The van der Waals surface area contributed by atoms with Gasteiger partial charge in [0.15, 0.2) is 5.96 Å². The van der Waals surface area contributed by atoms with Crippen molar-refractivity contribution in [2.24, 2.45) is 10.7 Å². The molecule has 0 saturated carbocycles. The molecule has 2 rings (SSSR count). The van der Waals surface area contributed by atoms with Gasteiger partial charge in [-0.1, -0.05) is 6.07 Å². The standard InChI is InChI=1S/C16H20N4O2/c1-11-5-4-6-12(19-11)10-18-16(17)20-14-9-13(21-2)7-8-15(14)22-3/h4-9H,10H2,1-3H3,(H3,17,18,20). The Bertz CT molecular complexity index is 671. The van der Waals surface area contributed by atoms with E-state index in [4.69, 9.17) is 15.2 Å². The van der Waals surface area contributed by atoms with Gasteiger partial charge in [-0.05, 0) is 31.2 Å². The maximum atomic E-state index is 5.92. The monoisotopic (exact) mass is 300 g/mol. The van der Waals surface area contributed by atoms with Gasteiger partial charge >= 0.3 is 0 Å². The summed E-state index contributed by atoms with van der Waals surface area (Å²) < 4.78 is 10.5. The van der Waals surface area contributed by atoms with Crippen molar-refractivity contribution in [1.29, 1.82) is 0 Å². The number of ether oxygens (including phenoxy) is 2. The molecule has 0 unspecified atom stereocenters. The number of aliphatic imine (C=N–C) groups is 1. The molecule has 0 radical (unpaired) electrons. The average Bonchev–Trinajstić information content (AvgIpc) is 2.53. The zero-order valence-corrected chi connectivity index (χ0v) is 13.0. The van der Waals surface area contributed by atoms with Crippen LogP contribution in [0.1, 0.15) is 11.4 Å². The Balaban J connectivity index is 2.10. The van der Waals surface area contributed by atoms with Crippen LogP contribution in [0.15, 0.2) is 41.4 Å². The summed E-state index contributed by atoms with van der Waals surface area (Å²) >= 11 is 0. The van der Waals surface area contributed by atoms with Gasteiger partial charge in [0, 0.05) is 11.8 Å². The highest BCUT2D eigenvalue weighted by Crippen LogP contribution is 2.28. The molecular weight excluding hydrogens is 280 g/mol. The Labute approximate surface area is 130 Å². The first-order chi connectivity index (χ1) is 10.6. The van der Waals surface area contributed by atoms with Crippen molar-refractivity contribution in [1.82, 2.24) is 4.98 Å². The third-order valence-corrected chi connectivity index (χ3v) is 3.03. The lowest BCUT2D eigenvalue weighted by Gasteiger charge is -2.12. The molecule has 0 bridgehead atoms. The van der Waals surface area contributed by atoms with Gasteiger partial charge in [0.05, 0.1) is 32.1 Å². The molecular formula is C16H20N4O2. The van der Waals surface area contributed by atoms with Crippen molar-refractivity contribution in [3.05, 3.63) is 47.8 Å². The van der Waals surface area contributed by atoms with Crippen LogP contribution in [-0.4, -0.2) is 25.2 Å². The van der Waals surface area contributed by atoms with E-state index in [1.807, 2.05) is 31.2 Å². The summed E-state index contributed by atoms with van der Waals surface area (Å²) in [5.41, 5.74) is 8.43. The predicted molar refractivity (Wildman–Crippen MR) is 87.5 cm³/mol. The second kappa shape index (κ2) is 7.31. The van der Waals surface area contributed by atoms with Crippen LogP contribution in [0.2, 0.25) is 0 Å². The summed E-state index contributed by atoms with van der Waals surface area (Å²) in [6.07, 6.45) is 0. The van der Waals surface area contributed by atoms with Crippen molar-refractivity contribution in [3.8, 4) is 11.5 Å². The largest absolute Gasteiger partial charge is 0.497 e. The zero-order valence-electron chi connectivity index (χ0n) is 13.0. The second-order valence-electron chi connectivity index (χ2n) is 4.66. The number of nitrogens with two attached hydrogens (primary N) is 1. The molecule has 6 nitrogen and oxygen atoms in total. The normalized spacial score (nSPS) is 11.1. The van der Waals surface area contributed by atoms with Gasteiger partial charge in [-0.25, -0.2) is 4.99 Å². The third-order valence-electron chi connectivity index (χ3n) is 3.03. The highest BCUT2D eigenvalue weighted by atomic mass is 16.5. The number of nitrogens with zero attached hydrogens (tertiary/aromatic N) is 2. The SMILES string of the molecule is COc1ccc(OC)c(NC(N)=NCc2cccc(C)n2)c1. The third kappa shape index (κ3) is 4.12. The molecule has 1 aromatic heterocycles. The van der Waals surface area contributed by atoms with Crippen LogP contribution in [0.3, 0.4) is 0 Å². The first-order valence-corrected chi connectivity index (χ1v) is 6.84. The van der Waals surface area contributed by atoms with E-state index in [1.54, 1.807) is 26.4 Å². The molecule has 0 atom stereocenters. The lowest BCUT2D eigenvalue weighted by Crippen LogP contribution is -2.23. The number of rotatable bonds is 5. The number of hydrogen-bond donors (Lipinski definition) is 2. The molecule has 0 amide bonds. The van der Waals surface area contributed by atoms with Gasteiger partial charge in [0.1, 0.15) is 11.5 Å². The highest BCUT2D eigenvalue weighted by Gasteiger charge is 2.06. The first kappa shape index (κ1) is 15.6. The van der Waals surface area contributed by atoms with E-state index in [1.165, 1.54) is 0 Å². The van der Waals surface area contributed by atoms with Crippen LogP contribution in [0.5, 0.6) is 11.5 Å². The van der Waals surface area contributed by atoms with E-state index in [2.05, 4.69) is 15.3 Å². The fourth-order valence-electron chi connectivity index (χ4n) is 1.94. The van der Waals surface area contributed by atoms with Gasteiger partial charge in [0.2, 0.25) is 0 Å². The maximum Gasteiger partial charge on any atom is 0.193 e. The van der Waals surface area contributed by atoms with E-state index < -0.39 is 0 Å². The van der Waals surface area contributed by atoms with Crippen molar-refractivity contribution < 1.29 is 9.47 Å².